The standard InChI is InChI=1S/C30H29N3O.C27H37N3O3.C20H23N3O3.C20H25N3O.C17H18ClN3O/c1-29(2,21-13-7-5-8-14-21)23-19-24(30(3,4)22-15-9-6-10-16-22)28(34)27(20-23)33-31-25-17-11-12-18-26(25)32-33;1-5-6-7-8-9-12-17-33-25(31)16-15-20-18-21(27(2,3)4)26(32)24(19-20)30-28-22-13-10-11-14-23(22)29-30;1-20(2,3)14-11-13(9-10-18(24)26-4)12-17(19(14)25)23-21-15-7-5-6-8-16(15)22-23;1-19(2,3)13-11-14(20(4,5)6)18(24)17(12-13)23-21-15-9-7-8-10-16(15)22-23;1-10-7-12(17(2,3)4)16(22)15(8-10)21-19-13-6-5-11(18)9-14(13)20-21/h5-20,34H,1-4H3;10-11,13-14,18-19,32H,5-9,12,15-17H2,1-4H3;5-8,11-12,25H,9-10H2,1-4H3;7-12,24H,1-6H3;5-9,22H,1-4H3. The number of benzene rings is 12. The van der Waals surface area contributed by atoms with Gasteiger partial charge in [-0.2, -0.15) is 0 Å². The number of aromatic hydroxyl groups is 5. The first-order chi connectivity index (χ1) is 65.7. The van der Waals surface area contributed by atoms with Gasteiger partial charge in [0.1, 0.15) is 112 Å². The molecule has 0 saturated carbocycles. The van der Waals surface area contributed by atoms with Crippen LogP contribution in [0.15, 0.2) is 237 Å². The lowest BCUT2D eigenvalue weighted by molar-refractivity contribution is -0.144. The van der Waals surface area contributed by atoms with Gasteiger partial charge in [0.05, 0.1) is 13.7 Å². The maximum Gasteiger partial charge on any atom is 0.306 e. The van der Waals surface area contributed by atoms with Gasteiger partial charge in [0.2, 0.25) is 0 Å². The van der Waals surface area contributed by atoms with E-state index in [-0.39, 0.29) is 79.6 Å². The smallest absolute Gasteiger partial charge is 0.306 e. The molecule has 0 aliphatic carbocycles. The molecule has 0 unspecified atom stereocenters. The van der Waals surface area contributed by atoms with Gasteiger partial charge in [0.15, 0.2) is 0 Å². The number of aryl methyl sites for hydroxylation is 3. The number of aromatic nitrogens is 15. The summed E-state index contributed by atoms with van der Waals surface area (Å²) in [5.41, 5.74) is 20.6. The topological polar surface area (TPSA) is 307 Å². The van der Waals surface area contributed by atoms with Crippen LogP contribution in [0.5, 0.6) is 28.7 Å². The Balaban J connectivity index is 0.000000148. The molecule has 0 fully saturated rings. The number of methoxy groups -OCH3 is 1. The highest BCUT2D eigenvalue weighted by atomic mass is 35.5. The minimum Gasteiger partial charge on any atom is -0.505 e. The fourth-order valence-electron chi connectivity index (χ4n) is 16.6. The monoisotopic (exact) mass is 1890 g/mol. The van der Waals surface area contributed by atoms with E-state index < -0.39 is 5.41 Å². The van der Waals surface area contributed by atoms with Crippen LogP contribution in [-0.4, -0.2) is 126 Å². The number of hydrogen-bond donors (Lipinski definition) is 5. The lowest BCUT2D eigenvalue weighted by Gasteiger charge is -2.32. The predicted molar refractivity (Wildman–Crippen MR) is 556 cm³/mol. The van der Waals surface area contributed by atoms with Crippen molar-refractivity contribution in [2.75, 3.05) is 13.7 Å². The van der Waals surface area contributed by atoms with Gasteiger partial charge in [0.25, 0.3) is 0 Å². The number of carbonyl (C=O) groups excluding carboxylic acids is 2. The van der Waals surface area contributed by atoms with E-state index in [1.807, 2.05) is 204 Å². The Kier molecular flexibility index (Phi) is 31.2. The van der Waals surface area contributed by atoms with E-state index in [2.05, 4.69) is 217 Å². The number of hydrogen-bond acceptors (Lipinski definition) is 19. The molecule has 24 nitrogen and oxygen atoms in total. The lowest BCUT2D eigenvalue weighted by Crippen LogP contribution is -2.24. The lowest BCUT2D eigenvalue weighted by atomic mass is 9.72. The molecule has 17 aromatic rings. The summed E-state index contributed by atoms with van der Waals surface area (Å²) >= 11 is 5.99. The molecule has 0 atom stereocenters. The maximum atomic E-state index is 12.3. The number of ether oxygens (including phenoxy) is 2. The fraction of sp³-hybridized carbons (Fsp3) is 0.351. The van der Waals surface area contributed by atoms with Crippen LogP contribution in [0.25, 0.3) is 83.6 Å². The van der Waals surface area contributed by atoms with Crippen molar-refractivity contribution >= 4 is 78.7 Å². The Bertz CT molecular complexity index is 7060. The molecule has 5 N–H and O–H groups in total. The Hall–Kier alpha value is -14.1. The van der Waals surface area contributed by atoms with Crippen molar-refractivity contribution in [3.05, 3.63) is 308 Å². The van der Waals surface area contributed by atoms with Crippen LogP contribution in [-0.2, 0) is 69.8 Å². The van der Waals surface area contributed by atoms with E-state index in [0.717, 1.165) is 124 Å². The van der Waals surface area contributed by atoms with Crippen molar-refractivity contribution in [1.82, 2.24) is 75.0 Å². The Morgan fingerprint density at radius 1 is 0.302 bits per heavy atom. The van der Waals surface area contributed by atoms with Crippen LogP contribution in [0.4, 0.5) is 0 Å². The quantitative estimate of drug-likeness (QED) is 0.0311. The second-order valence-electron chi connectivity index (χ2n) is 41.8. The van der Waals surface area contributed by atoms with Crippen LogP contribution >= 0.6 is 11.6 Å². The maximum absolute atomic E-state index is 12.3. The van der Waals surface area contributed by atoms with Gasteiger partial charge < -0.3 is 35.0 Å². The SMILES string of the molecule is CC(C)(C)c1cc(-n2nc3ccccc3n2)c(O)c(C(C)(C)C)c1.CC(C)(c1ccccc1)c1cc(-n2nc3ccccc3n2)c(O)c(C(C)(C)c2ccccc2)c1.CCCCCCCCOC(=O)CCc1cc(-n2nc3ccccc3n2)c(O)c(C(C)(C)C)c1.COC(=O)CCc1cc(-n2nc3ccccc3n2)c(O)c(C(C)(C)C)c1.Cc1cc(-n2nc3ccc(Cl)cc3n2)c(O)c(C(C)(C)C)c1. The molecular weight excluding hydrogens is 1760 g/mol. The number of phenolic OH excluding ortho intramolecular Hbond substituents is 5. The molecular formula is C114H132ClN15O9. The Morgan fingerprint density at radius 2 is 0.604 bits per heavy atom. The molecule has 5 heterocycles. The highest BCUT2D eigenvalue weighted by Crippen LogP contribution is 2.47. The van der Waals surface area contributed by atoms with Gasteiger partial charge in [-0.25, -0.2) is 0 Å². The Morgan fingerprint density at radius 3 is 0.978 bits per heavy atom. The van der Waals surface area contributed by atoms with Crippen LogP contribution in [0, 0.1) is 6.92 Å². The van der Waals surface area contributed by atoms with E-state index in [9.17, 15) is 35.1 Å². The summed E-state index contributed by atoms with van der Waals surface area (Å²) in [6.07, 6.45) is 8.62. The van der Waals surface area contributed by atoms with E-state index in [1.165, 1.54) is 52.7 Å². The van der Waals surface area contributed by atoms with Gasteiger partial charge in [-0.1, -0.05) is 322 Å². The number of halogens is 1. The first-order valence-corrected chi connectivity index (χ1v) is 48.1. The summed E-state index contributed by atoms with van der Waals surface area (Å²) in [5.74, 6) is 0.525. The minimum atomic E-state index is -0.435. The van der Waals surface area contributed by atoms with Gasteiger partial charge >= 0.3 is 11.9 Å². The third kappa shape index (κ3) is 24.5. The second kappa shape index (κ2) is 42.5. The molecule has 139 heavy (non-hydrogen) atoms. The predicted octanol–water partition coefficient (Wildman–Crippen LogP) is 25.7. The van der Waals surface area contributed by atoms with Crippen LogP contribution in [0.3, 0.4) is 0 Å². The van der Waals surface area contributed by atoms with Gasteiger partial charge in [-0.05, 0) is 189 Å². The number of unbranched alkanes of at least 4 members (excludes halogenated alkanes) is 5. The minimum absolute atomic E-state index is 0.0327. The number of phenols is 5. The fourth-order valence-corrected chi connectivity index (χ4v) is 16.8. The van der Waals surface area contributed by atoms with Crippen LogP contribution < -0.4 is 0 Å². The van der Waals surface area contributed by atoms with Gasteiger partial charge in [-0.3, -0.25) is 9.59 Å². The molecule has 5 aromatic heterocycles. The number of esters is 2. The summed E-state index contributed by atoms with van der Waals surface area (Å²) in [7, 11) is 1.38. The van der Waals surface area contributed by atoms with E-state index in [0.29, 0.717) is 64.8 Å². The molecule has 724 valence electrons. The molecule has 12 aromatic carbocycles. The second-order valence-corrected chi connectivity index (χ2v) is 42.3. The molecule has 0 aliphatic rings. The molecule has 0 amide bonds. The van der Waals surface area contributed by atoms with Crippen LogP contribution in [0.2, 0.25) is 5.02 Å². The molecule has 25 heteroatoms. The Labute approximate surface area is 820 Å². The largest absolute Gasteiger partial charge is 0.505 e. The summed E-state index contributed by atoms with van der Waals surface area (Å²) in [4.78, 5) is 31.3. The molecule has 0 spiro atoms. The summed E-state index contributed by atoms with van der Waals surface area (Å²) in [6.45, 7) is 44.7. The third-order valence-corrected chi connectivity index (χ3v) is 25.2. The average molecular weight is 1890 g/mol. The van der Waals surface area contributed by atoms with Gasteiger partial charge in [0, 0.05) is 56.5 Å². The highest BCUT2D eigenvalue weighted by molar-refractivity contribution is 6.31. The average Bonchev–Trinajstić information content (AvgIpc) is 1.16. The number of carbonyl (C=O) groups is 2. The van der Waals surface area contributed by atoms with E-state index in [1.54, 1.807) is 21.7 Å². The number of rotatable bonds is 22. The first-order valence-electron chi connectivity index (χ1n) is 47.7. The number of fused-ring (bicyclic) bond motifs is 5. The van der Waals surface area contributed by atoms with Crippen molar-refractivity contribution in [2.24, 2.45) is 0 Å². The molecule has 0 bridgehead atoms. The van der Waals surface area contributed by atoms with Crippen molar-refractivity contribution in [3.8, 4) is 57.2 Å². The van der Waals surface area contributed by atoms with Crippen molar-refractivity contribution in [2.45, 2.75) is 248 Å². The molecule has 0 aliphatic heterocycles. The van der Waals surface area contributed by atoms with Crippen molar-refractivity contribution < 1.29 is 44.6 Å². The van der Waals surface area contributed by atoms with Crippen LogP contribution in [0.1, 0.15) is 257 Å². The summed E-state index contributed by atoms with van der Waals surface area (Å²) in [6, 6.07) is 76.5. The normalized spacial score (nSPS) is 12.1. The third-order valence-electron chi connectivity index (χ3n) is 25.0. The number of nitrogens with zero attached hydrogens (tertiary/aromatic N) is 15. The molecule has 17 rings (SSSR count). The zero-order chi connectivity index (χ0) is 100. The zero-order valence-electron chi connectivity index (χ0n) is 84.3. The van der Waals surface area contributed by atoms with E-state index in [4.69, 9.17) is 21.1 Å². The van der Waals surface area contributed by atoms with Gasteiger partial charge in [-0.15, -0.1) is 75.0 Å². The highest BCUT2D eigenvalue weighted by Gasteiger charge is 2.35. The first kappa shape index (κ1) is 102. The summed E-state index contributed by atoms with van der Waals surface area (Å²) < 4.78 is 10.2. The molecule has 0 saturated heterocycles. The summed E-state index contributed by atoms with van der Waals surface area (Å²) in [5, 5.41) is 101. The van der Waals surface area contributed by atoms with Crippen molar-refractivity contribution in [1.29, 1.82) is 0 Å². The molecule has 0 radical (unpaired) electrons. The zero-order valence-corrected chi connectivity index (χ0v) is 85.0. The van der Waals surface area contributed by atoms with Crippen molar-refractivity contribution in [3.63, 3.8) is 0 Å². The van der Waals surface area contributed by atoms with E-state index >= 15 is 0 Å².